The highest BCUT2D eigenvalue weighted by Crippen LogP contribution is 2.23. The Morgan fingerprint density at radius 2 is 1.60 bits per heavy atom. The summed E-state index contributed by atoms with van der Waals surface area (Å²) in [5, 5.41) is 3.34. The van der Waals surface area contributed by atoms with Crippen molar-refractivity contribution in [1.82, 2.24) is 5.32 Å². The number of likely N-dealkylation sites (N-methyl/N-ethyl adjacent to an activating group) is 1. The van der Waals surface area contributed by atoms with Gasteiger partial charge in [-0.1, -0.05) is 37.3 Å². The van der Waals surface area contributed by atoms with Crippen LogP contribution in [0.2, 0.25) is 0 Å². The minimum absolute atomic E-state index is 0.00421. The van der Waals surface area contributed by atoms with Crippen molar-refractivity contribution in [3.8, 4) is 11.5 Å². The molecule has 0 aromatic heterocycles. The minimum atomic E-state index is 0.00421. The number of benzene rings is 2. The molecule has 0 radical (unpaired) electrons. The van der Waals surface area contributed by atoms with Crippen molar-refractivity contribution in [2.24, 2.45) is 0 Å². The van der Waals surface area contributed by atoms with Crippen LogP contribution in [0.25, 0.3) is 0 Å². The van der Waals surface area contributed by atoms with Gasteiger partial charge < -0.3 is 14.8 Å². The van der Waals surface area contributed by atoms with Crippen LogP contribution >= 0.6 is 0 Å². The summed E-state index contributed by atoms with van der Waals surface area (Å²) in [6.07, 6.45) is 0.00421. The van der Waals surface area contributed by atoms with E-state index in [4.69, 9.17) is 9.47 Å². The lowest BCUT2D eigenvalue weighted by Gasteiger charge is -2.20. The Bertz CT molecular complexity index is 496. The fourth-order valence-electron chi connectivity index (χ4n) is 1.99. The molecule has 20 heavy (non-hydrogen) atoms. The molecule has 0 bridgehead atoms. The molecule has 3 nitrogen and oxygen atoms in total. The third-order valence-electron chi connectivity index (χ3n) is 3.09. The molecular formula is C17H21NO2. The summed E-state index contributed by atoms with van der Waals surface area (Å²) in [6.45, 7) is 3.80. The van der Waals surface area contributed by atoms with Gasteiger partial charge in [0.15, 0.2) is 0 Å². The molecule has 3 heteroatoms. The zero-order chi connectivity index (χ0) is 14.2. The van der Waals surface area contributed by atoms with Crippen molar-refractivity contribution in [3.63, 3.8) is 0 Å². The van der Waals surface area contributed by atoms with Crippen LogP contribution in [0.3, 0.4) is 0 Å². The molecule has 1 N–H and O–H groups in total. The Hall–Kier alpha value is -2.00. The first-order valence-corrected chi connectivity index (χ1v) is 6.90. The Kier molecular flexibility index (Phi) is 5.44. The molecule has 1 unspecified atom stereocenters. The smallest absolute Gasteiger partial charge is 0.136 e. The van der Waals surface area contributed by atoms with Gasteiger partial charge in [0.25, 0.3) is 0 Å². The summed E-state index contributed by atoms with van der Waals surface area (Å²) in [6, 6.07) is 17.9. The van der Waals surface area contributed by atoms with E-state index in [1.165, 1.54) is 5.56 Å². The lowest BCUT2D eigenvalue weighted by molar-refractivity contribution is 0.202. The third-order valence-corrected chi connectivity index (χ3v) is 3.09. The molecule has 2 aromatic carbocycles. The molecule has 0 saturated heterocycles. The number of hydrogen-bond acceptors (Lipinski definition) is 3. The van der Waals surface area contributed by atoms with Crippen LogP contribution in [0.5, 0.6) is 11.5 Å². The molecule has 106 valence electrons. The lowest BCUT2D eigenvalue weighted by Crippen LogP contribution is -2.24. The van der Waals surface area contributed by atoms with Gasteiger partial charge >= 0.3 is 0 Å². The maximum absolute atomic E-state index is 6.08. The summed E-state index contributed by atoms with van der Waals surface area (Å²) in [4.78, 5) is 0. The van der Waals surface area contributed by atoms with Gasteiger partial charge in [0, 0.05) is 6.54 Å². The Balaban J connectivity index is 2.10. The van der Waals surface area contributed by atoms with Gasteiger partial charge in [-0.3, -0.25) is 0 Å². The van der Waals surface area contributed by atoms with E-state index in [1.54, 1.807) is 7.11 Å². The monoisotopic (exact) mass is 271 g/mol. The first-order chi connectivity index (χ1) is 9.83. The van der Waals surface area contributed by atoms with Crippen molar-refractivity contribution in [1.29, 1.82) is 0 Å². The van der Waals surface area contributed by atoms with E-state index in [9.17, 15) is 0 Å². The van der Waals surface area contributed by atoms with E-state index in [0.29, 0.717) is 0 Å². The van der Waals surface area contributed by atoms with Gasteiger partial charge in [0.05, 0.1) is 7.11 Å². The SMILES string of the molecule is CCNCC(Oc1ccc(OC)cc1)c1ccccc1. The van der Waals surface area contributed by atoms with Gasteiger partial charge in [-0.2, -0.15) is 0 Å². The Morgan fingerprint density at radius 1 is 0.950 bits per heavy atom. The fraction of sp³-hybridized carbons (Fsp3) is 0.294. The van der Waals surface area contributed by atoms with Crippen LogP contribution in [-0.2, 0) is 0 Å². The minimum Gasteiger partial charge on any atom is -0.497 e. The summed E-state index contributed by atoms with van der Waals surface area (Å²) in [7, 11) is 1.66. The molecule has 2 aromatic rings. The lowest BCUT2D eigenvalue weighted by atomic mass is 10.1. The second-order valence-electron chi connectivity index (χ2n) is 4.50. The normalized spacial score (nSPS) is 11.9. The van der Waals surface area contributed by atoms with Gasteiger partial charge in [0.1, 0.15) is 17.6 Å². The maximum Gasteiger partial charge on any atom is 0.136 e. The second kappa shape index (κ2) is 7.56. The van der Waals surface area contributed by atoms with Crippen molar-refractivity contribution in [3.05, 3.63) is 60.2 Å². The largest absolute Gasteiger partial charge is 0.497 e. The molecule has 1 atom stereocenters. The molecule has 0 saturated carbocycles. The first kappa shape index (κ1) is 14.4. The van der Waals surface area contributed by atoms with Crippen LogP contribution in [0.4, 0.5) is 0 Å². The van der Waals surface area contributed by atoms with Gasteiger partial charge in [-0.25, -0.2) is 0 Å². The molecule has 0 aliphatic carbocycles. The number of ether oxygens (including phenoxy) is 2. The Labute approximate surface area is 120 Å². The van der Waals surface area contributed by atoms with Crippen molar-refractivity contribution in [2.45, 2.75) is 13.0 Å². The second-order valence-corrected chi connectivity index (χ2v) is 4.50. The molecule has 0 aliphatic rings. The summed E-state index contributed by atoms with van der Waals surface area (Å²) in [5.41, 5.74) is 1.17. The molecule has 2 rings (SSSR count). The van der Waals surface area contributed by atoms with E-state index in [1.807, 2.05) is 42.5 Å². The van der Waals surface area contributed by atoms with E-state index >= 15 is 0 Å². The molecule has 0 heterocycles. The molecule has 0 aliphatic heterocycles. The van der Waals surface area contributed by atoms with E-state index < -0.39 is 0 Å². The number of methoxy groups -OCH3 is 1. The van der Waals surface area contributed by atoms with Gasteiger partial charge in [-0.15, -0.1) is 0 Å². The van der Waals surface area contributed by atoms with Crippen molar-refractivity contribution in [2.75, 3.05) is 20.2 Å². The van der Waals surface area contributed by atoms with Crippen LogP contribution in [0.15, 0.2) is 54.6 Å². The number of hydrogen-bond donors (Lipinski definition) is 1. The van der Waals surface area contributed by atoms with Gasteiger partial charge in [-0.05, 0) is 36.4 Å². The van der Waals surface area contributed by atoms with Crippen LogP contribution < -0.4 is 14.8 Å². The standard InChI is InChI=1S/C17H21NO2/c1-3-18-13-17(14-7-5-4-6-8-14)20-16-11-9-15(19-2)10-12-16/h4-12,17-18H,3,13H2,1-2H3. The highest BCUT2D eigenvalue weighted by Gasteiger charge is 2.12. The number of nitrogens with one attached hydrogen (secondary N) is 1. The first-order valence-electron chi connectivity index (χ1n) is 6.90. The van der Waals surface area contributed by atoms with E-state index in [-0.39, 0.29) is 6.10 Å². The molecule has 0 spiro atoms. The predicted octanol–water partition coefficient (Wildman–Crippen LogP) is 3.42. The topological polar surface area (TPSA) is 30.5 Å². The maximum atomic E-state index is 6.08. The van der Waals surface area contributed by atoms with Crippen LogP contribution in [0, 0.1) is 0 Å². The Morgan fingerprint density at radius 3 is 2.20 bits per heavy atom. The highest BCUT2D eigenvalue weighted by molar-refractivity contribution is 5.32. The van der Waals surface area contributed by atoms with E-state index in [0.717, 1.165) is 24.6 Å². The summed E-state index contributed by atoms with van der Waals surface area (Å²) >= 11 is 0. The highest BCUT2D eigenvalue weighted by atomic mass is 16.5. The summed E-state index contributed by atoms with van der Waals surface area (Å²) in [5.74, 6) is 1.68. The van der Waals surface area contributed by atoms with Crippen molar-refractivity contribution >= 4 is 0 Å². The average Bonchev–Trinajstić information content (AvgIpc) is 2.53. The fourth-order valence-corrected chi connectivity index (χ4v) is 1.99. The van der Waals surface area contributed by atoms with Gasteiger partial charge in [0.2, 0.25) is 0 Å². The predicted molar refractivity (Wildman–Crippen MR) is 81.3 cm³/mol. The van der Waals surface area contributed by atoms with Crippen LogP contribution in [0.1, 0.15) is 18.6 Å². The molecule has 0 fully saturated rings. The van der Waals surface area contributed by atoms with Crippen molar-refractivity contribution < 1.29 is 9.47 Å². The zero-order valence-electron chi connectivity index (χ0n) is 12.0. The molecular weight excluding hydrogens is 250 g/mol. The summed E-state index contributed by atoms with van der Waals surface area (Å²) < 4.78 is 11.2. The average molecular weight is 271 g/mol. The van der Waals surface area contributed by atoms with E-state index in [2.05, 4.69) is 24.4 Å². The van der Waals surface area contributed by atoms with Crippen LogP contribution in [-0.4, -0.2) is 20.2 Å². The molecule has 0 amide bonds. The zero-order valence-corrected chi connectivity index (χ0v) is 12.0. The number of rotatable bonds is 7. The quantitative estimate of drug-likeness (QED) is 0.837. The third kappa shape index (κ3) is 4.00.